The molecule has 0 aliphatic carbocycles. The van der Waals surface area contributed by atoms with Crippen LogP contribution in [-0.4, -0.2) is 9.97 Å². The lowest BCUT2D eigenvalue weighted by Gasteiger charge is -2.13. The first-order valence-electron chi connectivity index (χ1n) is 13.6. The largest absolute Gasteiger partial charge is 0.230 e. The molecule has 1 aromatic rings. The van der Waals surface area contributed by atoms with E-state index in [4.69, 9.17) is 0 Å². The maximum Gasteiger partial charge on any atom is 0.198 e. The van der Waals surface area contributed by atoms with E-state index in [0.29, 0.717) is 0 Å². The Bertz CT molecular complexity index is 463. The SMILES string of the molecule is CCCCCCCCc1n[c]nc(CCCCCCCC)c1CCCCCCCC. The van der Waals surface area contributed by atoms with Crippen molar-refractivity contribution in [3.8, 4) is 0 Å². The third-order valence-corrected chi connectivity index (χ3v) is 6.38. The predicted molar refractivity (Wildman–Crippen MR) is 132 cm³/mol. The molecule has 0 unspecified atom stereocenters. The van der Waals surface area contributed by atoms with E-state index in [2.05, 4.69) is 37.1 Å². The molecular formula is C28H51N2. The highest BCUT2D eigenvalue weighted by Gasteiger charge is 2.11. The summed E-state index contributed by atoms with van der Waals surface area (Å²) in [7, 11) is 0. The Morgan fingerprint density at radius 3 is 1.17 bits per heavy atom. The molecule has 1 radical (unpaired) electrons. The quantitative estimate of drug-likeness (QED) is 0.187. The van der Waals surface area contributed by atoms with Gasteiger partial charge in [-0.05, 0) is 44.1 Å². The summed E-state index contributed by atoms with van der Waals surface area (Å²) in [6.45, 7) is 6.87. The van der Waals surface area contributed by atoms with E-state index in [-0.39, 0.29) is 0 Å². The van der Waals surface area contributed by atoms with Gasteiger partial charge < -0.3 is 0 Å². The van der Waals surface area contributed by atoms with Crippen LogP contribution in [0, 0.1) is 6.33 Å². The van der Waals surface area contributed by atoms with E-state index < -0.39 is 0 Å². The monoisotopic (exact) mass is 415 g/mol. The van der Waals surface area contributed by atoms with Crippen LogP contribution in [0.25, 0.3) is 0 Å². The summed E-state index contributed by atoms with van der Waals surface area (Å²) in [5, 5.41) is 0. The Kier molecular flexibility index (Phi) is 18.1. The van der Waals surface area contributed by atoms with Gasteiger partial charge in [0.25, 0.3) is 0 Å². The van der Waals surface area contributed by atoms with Crippen molar-refractivity contribution >= 4 is 0 Å². The summed E-state index contributed by atoms with van der Waals surface area (Å²) in [5.74, 6) is 0. The minimum absolute atomic E-state index is 1.12. The van der Waals surface area contributed by atoms with Crippen LogP contribution >= 0.6 is 0 Å². The van der Waals surface area contributed by atoms with E-state index in [1.54, 1.807) is 0 Å². The van der Waals surface area contributed by atoms with Crippen LogP contribution in [0.2, 0.25) is 0 Å². The predicted octanol–water partition coefficient (Wildman–Crippen LogP) is 8.99. The van der Waals surface area contributed by atoms with Crippen LogP contribution in [0.5, 0.6) is 0 Å². The van der Waals surface area contributed by atoms with E-state index in [9.17, 15) is 0 Å². The third-order valence-electron chi connectivity index (χ3n) is 6.38. The van der Waals surface area contributed by atoms with Crippen molar-refractivity contribution in [1.82, 2.24) is 9.97 Å². The van der Waals surface area contributed by atoms with Crippen molar-refractivity contribution in [3.63, 3.8) is 0 Å². The standard InChI is InChI=1S/C28H51N2/c1-4-7-10-13-16-19-22-26-27(23-20-17-14-11-8-5-2)29-25-30-28(26)24-21-18-15-12-9-6-3/h4-24H2,1-3H3. The molecule has 0 saturated carbocycles. The van der Waals surface area contributed by atoms with E-state index >= 15 is 0 Å². The third kappa shape index (κ3) is 13.4. The summed E-state index contributed by atoms with van der Waals surface area (Å²) in [5.41, 5.74) is 4.12. The lowest BCUT2D eigenvalue weighted by Crippen LogP contribution is -2.07. The Morgan fingerprint density at radius 1 is 0.433 bits per heavy atom. The van der Waals surface area contributed by atoms with Crippen molar-refractivity contribution in [1.29, 1.82) is 0 Å². The molecule has 0 atom stereocenters. The number of aromatic nitrogens is 2. The molecule has 30 heavy (non-hydrogen) atoms. The van der Waals surface area contributed by atoms with Gasteiger partial charge in [0.15, 0.2) is 6.33 Å². The molecule has 0 amide bonds. The average Bonchev–Trinajstić information content (AvgIpc) is 2.76. The molecule has 1 aromatic heterocycles. The fourth-order valence-corrected chi connectivity index (χ4v) is 4.38. The number of hydrogen-bond donors (Lipinski definition) is 0. The van der Waals surface area contributed by atoms with Gasteiger partial charge in [-0.15, -0.1) is 0 Å². The second-order valence-electron chi connectivity index (χ2n) is 9.25. The highest BCUT2D eigenvalue weighted by atomic mass is 14.8. The lowest BCUT2D eigenvalue weighted by molar-refractivity contribution is 0.585. The molecule has 0 aliphatic rings. The van der Waals surface area contributed by atoms with Gasteiger partial charge in [0.2, 0.25) is 0 Å². The van der Waals surface area contributed by atoms with Gasteiger partial charge in [0, 0.05) is 11.4 Å². The van der Waals surface area contributed by atoms with E-state index in [0.717, 1.165) is 12.8 Å². The van der Waals surface area contributed by atoms with Crippen molar-refractivity contribution in [2.45, 2.75) is 156 Å². The van der Waals surface area contributed by atoms with Crippen LogP contribution in [-0.2, 0) is 19.3 Å². The highest BCUT2D eigenvalue weighted by Crippen LogP contribution is 2.20. The molecule has 0 aromatic carbocycles. The Balaban J connectivity index is 2.55. The summed E-state index contributed by atoms with van der Waals surface area (Å²) in [4.78, 5) is 9.27. The zero-order valence-corrected chi connectivity index (χ0v) is 20.7. The second kappa shape index (κ2) is 20.0. The molecule has 2 heteroatoms. The van der Waals surface area contributed by atoms with Gasteiger partial charge >= 0.3 is 0 Å². The second-order valence-corrected chi connectivity index (χ2v) is 9.25. The maximum absolute atomic E-state index is 4.63. The van der Waals surface area contributed by atoms with Crippen LogP contribution in [0.4, 0.5) is 0 Å². The molecular weight excluding hydrogens is 364 g/mol. The number of aryl methyl sites for hydroxylation is 2. The summed E-state index contributed by atoms with van der Waals surface area (Å²) < 4.78 is 0. The first kappa shape index (κ1) is 27.1. The fraction of sp³-hybridized carbons (Fsp3) is 0.857. The van der Waals surface area contributed by atoms with Gasteiger partial charge in [0.1, 0.15) is 0 Å². The van der Waals surface area contributed by atoms with Crippen LogP contribution < -0.4 is 0 Å². The topological polar surface area (TPSA) is 25.8 Å². The molecule has 0 spiro atoms. The van der Waals surface area contributed by atoms with E-state index in [1.807, 2.05) is 0 Å². The molecule has 0 aliphatic heterocycles. The molecule has 0 bridgehead atoms. The van der Waals surface area contributed by atoms with Crippen molar-refractivity contribution in [3.05, 3.63) is 23.3 Å². The summed E-state index contributed by atoms with van der Waals surface area (Å²) in [6.07, 6.45) is 30.7. The molecule has 0 fully saturated rings. The van der Waals surface area contributed by atoms with Gasteiger partial charge in [0.05, 0.1) is 0 Å². The minimum Gasteiger partial charge on any atom is -0.230 e. The first-order valence-corrected chi connectivity index (χ1v) is 13.6. The summed E-state index contributed by atoms with van der Waals surface area (Å²) >= 11 is 0. The molecule has 173 valence electrons. The number of rotatable bonds is 21. The molecule has 1 heterocycles. The normalized spacial score (nSPS) is 11.3. The van der Waals surface area contributed by atoms with Gasteiger partial charge in [-0.3, -0.25) is 0 Å². The van der Waals surface area contributed by atoms with Crippen molar-refractivity contribution in [2.24, 2.45) is 0 Å². The average molecular weight is 416 g/mol. The minimum atomic E-state index is 1.12. The van der Waals surface area contributed by atoms with Crippen LogP contribution in [0.15, 0.2) is 0 Å². The molecule has 0 N–H and O–H groups in total. The fourth-order valence-electron chi connectivity index (χ4n) is 4.38. The van der Waals surface area contributed by atoms with Gasteiger partial charge in [-0.25, -0.2) is 9.97 Å². The maximum atomic E-state index is 4.63. The van der Waals surface area contributed by atoms with Crippen molar-refractivity contribution in [2.75, 3.05) is 0 Å². The zero-order valence-electron chi connectivity index (χ0n) is 20.7. The van der Waals surface area contributed by atoms with Gasteiger partial charge in [-0.2, -0.15) is 0 Å². The molecule has 0 saturated heterocycles. The molecule has 1 rings (SSSR count). The number of nitrogens with zero attached hydrogens (tertiary/aromatic N) is 2. The Hall–Kier alpha value is -0.920. The Morgan fingerprint density at radius 2 is 0.767 bits per heavy atom. The summed E-state index contributed by atoms with van der Waals surface area (Å²) in [6, 6.07) is 0. The highest BCUT2D eigenvalue weighted by molar-refractivity contribution is 5.25. The first-order chi connectivity index (χ1) is 14.8. The lowest BCUT2D eigenvalue weighted by atomic mass is 9.96. The van der Waals surface area contributed by atoms with E-state index in [1.165, 1.54) is 139 Å². The zero-order chi connectivity index (χ0) is 21.7. The smallest absolute Gasteiger partial charge is 0.198 e. The number of unbranched alkanes of at least 4 members (excludes halogenated alkanes) is 15. The Labute approximate surface area is 189 Å². The number of hydrogen-bond acceptors (Lipinski definition) is 2. The van der Waals surface area contributed by atoms with Crippen molar-refractivity contribution < 1.29 is 0 Å². The van der Waals surface area contributed by atoms with Crippen LogP contribution in [0.3, 0.4) is 0 Å². The van der Waals surface area contributed by atoms with Gasteiger partial charge in [-0.1, -0.05) is 117 Å². The molecule has 2 nitrogen and oxygen atoms in total. The van der Waals surface area contributed by atoms with Crippen LogP contribution in [0.1, 0.15) is 153 Å².